The first kappa shape index (κ1) is 15.5. The topological polar surface area (TPSA) is 44.4 Å². The molecule has 0 aromatic heterocycles. The monoisotopic (exact) mass is 301 g/mol. The molecule has 0 saturated carbocycles. The second-order valence-electron chi connectivity index (χ2n) is 6.64. The molecule has 2 atom stereocenters. The van der Waals surface area contributed by atoms with E-state index in [2.05, 4.69) is 46.7 Å². The molecule has 2 aliphatic rings. The average Bonchev–Trinajstić information content (AvgIpc) is 3.05. The maximum absolute atomic E-state index is 12.0. The fraction of sp³-hybridized carbons (Fsp3) is 0.611. The number of nitrogens with zero attached hydrogens (tertiary/aromatic N) is 1. The van der Waals surface area contributed by atoms with Crippen LogP contribution in [0.4, 0.5) is 0 Å². The van der Waals surface area contributed by atoms with Gasteiger partial charge in [-0.3, -0.25) is 9.69 Å². The van der Waals surface area contributed by atoms with Crippen molar-refractivity contribution in [1.29, 1.82) is 0 Å². The lowest BCUT2D eigenvalue weighted by Gasteiger charge is -2.33. The molecule has 0 aliphatic carbocycles. The summed E-state index contributed by atoms with van der Waals surface area (Å²) in [5.41, 5.74) is 2.91. The maximum atomic E-state index is 12.0. The molecule has 0 spiro atoms. The van der Waals surface area contributed by atoms with E-state index in [1.807, 2.05) is 0 Å². The van der Waals surface area contributed by atoms with Gasteiger partial charge in [0.05, 0.1) is 0 Å². The van der Waals surface area contributed by atoms with Gasteiger partial charge in [-0.25, -0.2) is 0 Å². The van der Waals surface area contributed by atoms with E-state index in [-0.39, 0.29) is 5.91 Å². The van der Waals surface area contributed by atoms with Crippen LogP contribution in [0.1, 0.15) is 37.3 Å². The first-order valence-corrected chi connectivity index (χ1v) is 8.53. The van der Waals surface area contributed by atoms with Gasteiger partial charge >= 0.3 is 0 Å². The molecule has 2 aliphatic heterocycles. The van der Waals surface area contributed by atoms with Crippen molar-refractivity contribution in [2.24, 2.45) is 0 Å². The molecule has 1 aromatic rings. The van der Waals surface area contributed by atoms with Gasteiger partial charge in [0.1, 0.15) is 0 Å². The molecule has 4 nitrogen and oxygen atoms in total. The number of hydrogen-bond acceptors (Lipinski definition) is 3. The van der Waals surface area contributed by atoms with Crippen molar-refractivity contribution in [3.05, 3.63) is 35.4 Å². The molecule has 1 saturated heterocycles. The Hall–Kier alpha value is -1.39. The van der Waals surface area contributed by atoms with Gasteiger partial charge in [0.25, 0.3) is 0 Å². The zero-order valence-corrected chi connectivity index (χ0v) is 13.5. The van der Waals surface area contributed by atoms with Crippen LogP contribution in [0.15, 0.2) is 24.3 Å². The van der Waals surface area contributed by atoms with Crippen LogP contribution < -0.4 is 10.6 Å². The lowest BCUT2D eigenvalue weighted by Crippen LogP contribution is -2.45. The van der Waals surface area contributed by atoms with E-state index < -0.39 is 0 Å². The Kier molecular flexibility index (Phi) is 5.11. The van der Waals surface area contributed by atoms with Gasteiger partial charge in [0.2, 0.25) is 5.91 Å². The molecular formula is C18H27N3O. The minimum absolute atomic E-state index is 0.184. The Morgan fingerprint density at radius 3 is 3.00 bits per heavy atom. The molecule has 4 heteroatoms. The van der Waals surface area contributed by atoms with Crippen molar-refractivity contribution in [2.45, 2.75) is 51.2 Å². The number of fused-ring (bicyclic) bond motifs is 1. The number of hydrogen-bond donors (Lipinski definition) is 2. The van der Waals surface area contributed by atoms with Gasteiger partial charge in [0.15, 0.2) is 0 Å². The van der Waals surface area contributed by atoms with Crippen LogP contribution in [-0.2, 0) is 17.8 Å². The third kappa shape index (κ3) is 3.87. The van der Waals surface area contributed by atoms with Crippen molar-refractivity contribution < 1.29 is 4.79 Å². The van der Waals surface area contributed by atoms with Gasteiger partial charge in [-0.1, -0.05) is 24.3 Å². The Morgan fingerprint density at radius 1 is 1.41 bits per heavy atom. The third-order valence-electron chi connectivity index (χ3n) is 4.97. The molecule has 2 unspecified atom stereocenters. The molecule has 22 heavy (non-hydrogen) atoms. The predicted octanol–water partition coefficient (Wildman–Crippen LogP) is 1.69. The number of nitrogens with one attached hydrogen (secondary N) is 2. The van der Waals surface area contributed by atoms with Crippen LogP contribution in [0, 0.1) is 0 Å². The molecule has 2 N–H and O–H groups in total. The van der Waals surface area contributed by atoms with E-state index in [0.717, 1.165) is 39.0 Å². The van der Waals surface area contributed by atoms with E-state index >= 15 is 0 Å². The largest absolute Gasteiger partial charge is 0.354 e. The molecule has 1 fully saturated rings. The second kappa shape index (κ2) is 7.25. The zero-order valence-electron chi connectivity index (χ0n) is 13.5. The number of rotatable bonds is 5. The van der Waals surface area contributed by atoms with E-state index in [1.54, 1.807) is 0 Å². The van der Waals surface area contributed by atoms with Crippen molar-refractivity contribution in [2.75, 3.05) is 19.6 Å². The summed E-state index contributed by atoms with van der Waals surface area (Å²) in [5, 5.41) is 6.49. The fourth-order valence-electron chi connectivity index (χ4n) is 3.51. The van der Waals surface area contributed by atoms with E-state index in [9.17, 15) is 4.79 Å². The van der Waals surface area contributed by atoms with Gasteiger partial charge in [0, 0.05) is 38.1 Å². The van der Waals surface area contributed by atoms with Crippen molar-refractivity contribution in [3.8, 4) is 0 Å². The molecule has 3 rings (SSSR count). The second-order valence-corrected chi connectivity index (χ2v) is 6.64. The summed E-state index contributed by atoms with van der Waals surface area (Å²) in [6, 6.07) is 9.45. The van der Waals surface area contributed by atoms with E-state index in [1.165, 1.54) is 17.5 Å². The lowest BCUT2D eigenvalue weighted by molar-refractivity contribution is -0.121. The molecule has 0 bridgehead atoms. The highest BCUT2D eigenvalue weighted by Crippen LogP contribution is 2.20. The highest BCUT2D eigenvalue weighted by Gasteiger charge is 2.22. The van der Waals surface area contributed by atoms with E-state index in [0.29, 0.717) is 18.5 Å². The van der Waals surface area contributed by atoms with Crippen LogP contribution >= 0.6 is 0 Å². The van der Waals surface area contributed by atoms with Gasteiger partial charge < -0.3 is 10.6 Å². The summed E-state index contributed by atoms with van der Waals surface area (Å²) in [7, 11) is 0. The molecule has 0 radical (unpaired) electrons. The minimum Gasteiger partial charge on any atom is -0.354 e. The van der Waals surface area contributed by atoms with Crippen molar-refractivity contribution in [1.82, 2.24) is 15.5 Å². The summed E-state index contributed by atoms with van der Waals surface area (Å²) >= 11 is 0. The summed E-state index contributed by atoms with van der Waals surface area (Å²) in [6.45, 7) is 6.09. The molecule has 2 heterocycles. The standard InChI is InChI=1S/C18H27N3O/c1-14(12-20-18(22)11-17-7-4-9-19-17)21-10-8-15-5-2-3-6-16(15)13-21/h2-3,5-6,14,17,19H,4,7-13H2,1H3,(H,20,22). The van der Waals surface area contributed by atoms with Crippen LogP contribution in [0.5, 0.6) is 0 Å². The Labute approximate surface area is 133 Å². The first-order valence-electron chi connectivity index (χ1n) is 8.53. The summed E-state index contributed by atoms with van der Waals surface area (Å²) in [5.74, 6) is 0.184. The molecular weight excluding hydrogens is 274 g/mol. The minimum atomic E-state index is 0.184. The quantitative estimate of drug-likeness (QED) is 0.870. The number of amides is 1. The highest BCUT2D eigenvalue weighted by atomic mass is 16.1. The molecule has 1 amide bonds. The van der Waals surface area contributed by atoms with Gasteiger partial charge in [-0.15, -0.1) is 0 Å². The highest BCUT2D eigenvalue weighted by molar-refractivity contribution is 5.76. The maximum Gasteiger partial charge on any atom is 0.221 e. The summed E-state index contributed by atoms with van der Waals surface area (Å²) in [6.07, 6.45) is 4.06. The molecule has 120 valence electrons. The number of carbonyl (C=O) groups excluding carboxylic acids is 1. The summed E-state index contributed by atoms with van der Waals surface area (Å²) in [4.78, 5) is 14.5. The fourth-order valence-corrected chi connectivity index (χ4v) is 3.51. The van der Waals surface area contributed by atoms with Crippen molar-refractivity contribution >= 4 is 5.91 Å². The number of carbonyl (C=O) groups is 1. The molecule has 1 aromatic carbocycles. The Balaban J connectivity index is 1.44. The van der Waals surface area contributed by atoms with Crippen molar-refractivity contribution in [3.63, 3.8) is 0 Å². The van der Waals surface area contributed by atoms with Gasteiger partial charge in [-0.05, 0) is 43.9 Å². The smallest absolute Gasteiger partial charge is 0.221 e. The average molecular weight is 301 g/mol. The van der Waals surface area contributed by atoms with Crippen LogP contribution in [0.2, 0.25) is 0 Å². The van der Waals surface area contributed by atoms with E-state index in [4.69, 9.17) is 0 Å². The lowest BCUT2D eigenvalue weighted by atomic mass is 9.99. The third-order valence-corrected chi connectivity index (χ3v) is 4.97. The Bertz CT molecular complexity index is 511. The normalized spacial score (nSPS) is 23.0. The van der Waals surface area contributed by atoms with Crippen LogP contribution in [-0.4, -0.2) is 42.5 Å². The number of benzene rings is 1. The SMILES string of the molecule is CC(CNC(=O)CC1CCCN1)N1CCc2ccccc2C1. The zero-order chi connectivity index (χ0) is 15.4. The summed E-state index contributed by atoms with van der Waals surface area (Å²) < 4.78 is 0. The van der Waals surface area contributed by atoms with Crippen LogP contribution in [0.25, 0.3) is 0 Å². The van der Waals surface area contributed by atoms with Crippen LogP contribution in [0.3, 0.4) is 0 Å². The first-order chi connectivity index (χ1) is 10.7. The predicted molar refractivity (Wildman–Crippen MR) is 88.7 cm³/mol. The Morgan fingerprint density at radius 2 is 2.23 bits per heavy atom. The van der Waals surface area contributed by atoms with Gasteiger partial charge in [-0.2, -0.15) is 0 Å².